The van der Waals surface area contributed by atoms with Crippen LogP contribution < -0.4 is 9.62 Å². The molecule has 2 amide bonds. The predicted molar refractivity (Wildman–Crippen MR) is 171 cm³/mol. The second-order valence-electron chi connectivity index (χ2n) is 10.5. The Hall–Kier alpha value is -3.07. The molecule has 3 rings (SSSR count). The van der Waals surface area contributed by atoms with E-state index in [4.69, 9.17) is 23.2 Å². The standard InChI is InChI=1S/C32H39Cl2N3O4S/c1-5-24(3)35-32(39)30(20-25-11-7-6-8-12-25)36(22-26-13-9-14-27(33)19-26)31(38)15-10-18-37(42(4,40)41)29-21-28(34)17-16-23(29)2/h6-9,11-14,16-17,19,21,24,30H,5,10,15,18,20,22H2,1-4H3,(H,35,39)/t24-,30-/m0/s1. The van der Waals surface area contributed by atoms with E-state index in [1.54, 1.807) is 35.2 Å². The first-order valence-corrected chi connectivity index (χ1v) is 16.6. The van der Waals surface area contributed by atoms with Crippen molar-refractivity contribution in [1.29, 1.82) is 0 Å². The molecule has 0 aliphatic heterocycles. The van der Waals surface area contributed by atoms with Crippen LogP contribution in [0.2, 0.25) is 10.0 Å². The van der Waals surface area contributed by atoms with Crippen LogP contribution in [-0.4, -0.2) is 50.0 Å². The molecule has 0 heterocycles. The number of amides is 2. The third-order valence-corrected chi connectivity index (χ3v) is 8.76. The van der Waals surface area contributed by atoms with Crippen LogP contribution in [-0.2, 0) is 32.6 Å². The SMILES string of the molecule is CC[C@H](C)NC(=O)[C@H](Cc1ccccc1)N(Cc1cccc(Cl)c1)C(=O)CCCN(c1cc(Cl)ccc1C)S(C)(=O)=O. The topological polar surface area (TPSA) is 86.8 Å². The van der Waals surface area contributed by atoms with E-state index in [1.165, 1.54) is 4.31 Å². The minimum absolute atomic E-state index is 0.0358. The molecule has 226 valence electrons. The van der Waals surface area contributed by atoms with Crippen molar-refractivity contribution in [2.45, 2.75) is 65.1 Å². The molecule has 0 aliphatic rings. The van der Waals surface area contributed by atoms with E-state index in [1.807, 2.05) is 63.2 Å². The zero-order valence-corrected chi connectivity index (χ0v) is 26.8. The van der Waals surface area contributed by atoms with Crippen LogP contribution in [0.1, 0.15) is 49.8 Å². The lowest BCUT2D eigenvalue weighted by atomic mass is 10.0. The summed E-state index contributed by atoms with van der Waals surface area (Å²) >= 11 is 12.4. The van der Waals surface area contributed by atoms with Gasteiger partial charge < -0.3 is 10.2 Å². The summed E-state index contributed by atoms with van der Waals surface area (Å²) in [5, 5.41) is 4.00. The summed E-state index contributed by atoms with van der Waals surface area (Å²) in [6, 6.07) is 21.0. The second kappa shape index (κ2) is 15.4. The fraction of sp³-hybridized carbons (Fsp3) is 0.375. The van der Waals surface area contributed by atoms with Gasteiger partial charge in [-0.3, -0.25) is 13.9 Å². The van der Waals surface area contributed by atoms with Crippen molar-refractivity contribution in [3.05, 3.63) is 99.5 Å². The lowest BCUT2D eigenvalue weighted by Crippen LogP contribution is -2.52. The number of hydrogen-bond donors (Lipinski definition) is 1. The Morgan fingerprint density at radius 2 is 1.60 bits per heavy atom. The van der Waals surface area contributed by atoms with E-state index in [0.29, 0.717) is 22.2 Å². The maximum absolute atomic E-state index is 13.9. The van der Waals surface area contributed by atoms with Gasteiger partial charge in [-0.25, -0.2) is 8.42 Å². The number of benzene rings is 3. The first-order valence-electron chi connectivity index (χ1n) is 14.0. The Kier molecular flexibility index (Phi) is 12.3. The fourth-order valence-corrected chi connectivity index (χ4v) is 6.05. The minimum atomic E-state index is -3.64. The average molecular weight is 633 g/mol. The van der Waals surface area contributed by atoms with Gasteiger partial charge in [0.25, 0.3) is 0 Å². The van der Waals surface area contributed by atoms with E-state index in [-0.39, 0.29) is 43.8 Å². The molecule has 1 N–H and O–H groups in total. The number of sulfonamides is 1. The molecule has 7 nitrogen and oxygen atoms in total. The van der Waals surface area contributed by atoms with E-state index in [0.717, 1.165) is 29.4 Å². The molecular weight excluding hydrogens is 593 g/mol. The van der Waals surface area contributed by atoms with Crippen molar-refractivity contribution in [2.24, 2.45) is 0 Å². The Morgan fingerprint density at radius 3 is 2.24 bits per heavy atom. The molecule has 10 heteroatoms. The normalized spacial score (nSPS) is 12.8. The highest BCUT2D eigenvalue weighted by molar-refractivity contribution is 7.92. The van der Waals surface area contributed by atoms with Gasteiger partial charge in [-0.2, -0.15) is 0 Å². The van der Waals surface area contributed by atoms with Gasteiger partial charge in [0, 0.05) is 42.0 Å². The summed E-state index contributed by atoms with van der Waals surface area (Å²) < 4.78 is 26.7. The molecule has 3 aromatic carbocycles. The number of hydrogen-bond acceptors (Lipinski definition) is 4. The third kappa shape index (κ3) is 9.75. The average Bonchev–Trinajstić information content (AvgIpc) is 2.94. The maximum Gasteiger partial charge on any atom is 0.243 e. The smallest absolute Gasteiger partial charge is 0.243 e. The van der Waals surface area contributed by atoms with Gasteiger partial charge in [-0.15, -0.1) is 0 Å². The van der Waals surface area contributed by atoms with Crippen LogP contribution in [0.3, 0.4) is 0 Å². The van der Waals surface area contributed by atoms with E-state index < -0.39 is 16.1 Å². The summed E-state index contributed by atoms with van der Waals surface area (Å²) in [7, 11) is -3.64. The second-order valence-corrected chi connectivity index (χ2v) is 13.3. The number of nitrogens with zero attached hydrogens (tertiary/aromatic N) is 2. The predicted octanol–water partition coefficient (Wildman–Crippen LogP) is 6.40. The molecular formula is C32H39Cl2N3O4S. The molecule has 0 spiro atoms. The van der Waals surface area contributed by atoms with Crippen molar-refractivity contribution in [2.75, 3.05) is 17.1 Å². The van der Waals surface area contributed by atoms with Crippen LogP contribution in [0.15, 0.2) is 72.8 Å². The highest BCUT2D eigenvalue weighted by Gasteiger charge is 2.31. The van der Waals surface area contributed by atoms with Gasteiger partial charge in [0.05, 0.1) is 11.9 Å². The molecule has 0 radical (unpaired) electrons. The monoisotopic (exact) mass is 631 g/mol. The zero-order chi connectivity index (χ0) is 30.9. The van der Waals surface area contributed by atoms with Crippen LogP contribution in [0, 0.1) is 6.92 Å². The van der Waals surface area contributed by atoms with Gasteiger partial charge in [-0.1, -0.05) is 78.7 Å². The van der Waals surface area contributed by atoms with Crippen LogP contribution in [0.5, 0.6) is 0 Å². The summed E-state index contributed by atoms with van der Waals surface area (Å²) in [5.41, 5.74) is 2.94. The largest absolute Gasteiger partial charge is 0.352 e. The Balaban J connectivity index is 1.91. The lowest BCUT2D eigenvalue weighted by Gasteiger charge is -2.33. The summed E-state index contributed by atoms with van der Waals surface area (Å²) in [6.07, 6.45) is 2.49. The maximum atomic E-state index is 13.9. The third-order valence-electron chi connectivity index (χ3n) is 7.11. The van der Waals surface area contributed by atoms with Crippen LogP contribution in [0.4, 0.5) is 5.69 Å². The summed E-state index contributed by atoms with van der Waals surface area (Å²) in [4.78, 5) is 29.2. The first-order chi connectivity index (χ1) is 19.9. The van der Waals surface area contributed by atoms with Crippen molar-refractivity contribution < 1.29 is 18.0 Å². The minimum Gasteiger partial charge on any atom is -0.352 e. The van der Waals surface area contributed by atoms with Gasteiger partial charge in [-0.05, 0) is 67.6 Å². The number of halogens is 2. The van der Waals surface area contributed by atoms with Gasteiger partial charge in [0.2, 0.25) is 21.8 Å². The Labute approximate surface area is 259 Å². The molecule has 0 aliphatic carbocycles. The van der Waals surface area contributed by atoms with Crippen LogP contribution >= 0.6 is 23.2 Å². The van der Waals surface area contributed by atoms with Gasteiger partial charge in [0.1, 0.15) is 6.04 Å². The highest BCUT2D eigenvalue weighted by Crippen LogP contribution is 2.27. The molecule has 42 heavy (non-hydrogen) atoms. The van der Waals surface area contributed by atoms with E-state index in [2.05, 4.69) is 5.32 Å². The lowest BCUT2D eigenvalue weighted by molar-refractivity contribution is -0.141. The van der Waals surface area contributed by atoms with Gasteiger partial charge in [0.15, 0.2) is 0 Å². The van der Waals surface area contributed by atoms with Crippen LogP contribution in [0.25, 0.3) is 0 Å². The number of anilines is 1. The Bertz CT molecular complexity index is 1470. The number of carbonyl (C=O) groups excluding carboxylic acids is 2. The summed E-state index contributed by atoms with van der Waals surface area (Å²) in [5.74, 6) is -0.498. The van der Waals surface area contributed by atoms with Crippen molar-refractivity contribution >= 4 is 50.7 Å². The van der Waals surface area contributed by atoms with E-state index in [9.17, 15) is 18.0 Å². The highest BCUT2D eigenvalue weighted by atomic mass is 35.5. The molecule has 0 saturated heterocycles. The molecule has 0 unspecified atom stereocenters. The molecule has 0 bridgehead atoms. The number of aryl methyl sites for hydroxylation is 1. The number of rotatable bonds is 14. The van der Waals surface area contributed by atoms with Gasteiger partial charge >= 0.3 is 0 Å². The number of nitrogens with one attached hydrogen (secondary N) is 1. The Morgan fingerprint density at radius 1 is 0.929 bits per heavy atom. The van der Waals surface area contributed by atoms with E-state index >= 15 is 0 Å². The molecule has 0 saturated carbocycles. The number of carbonyl (C=O) groups is 2. The molecule has 0 fully saturated rings. The molecule has 3 aromatic rings. The van der Waals surface area contributed by atoms with Crippen molar-refractivity contribution in [3.63, 3.8) is 0 Å². The zero-order valence-electron chi connectivity index (χ0n) is 24.5. The first kappa shape index (κ1) is 33.4. The summed E-state index contributed by atoms with van der Waals surface area (Å²) in [6.45, 7) is 5.98. The molecule has 0 aromatic heterocycles. The fourth-order valence-electron chi connectivity index (χ4n) is 4.66. The van der Waals surface area contributed by atoms with Crippen molar-refractivity contribution in [1.82, 2.24) is 10.2 Å². The van der Waals surface area contributed by atoms with Crippen molar-refractivity contribution in [3.8, 4) is 0 Å². The molecule has 2 atom stereocenters. The quantitative estimate of drug-likeness (QED) is 0.223.